The average Bonchev–Trinajstić information content (AvgIpc) is 2.74. The van der Waals surface area contributed by atoms with Crippen LogP contribution in [0.15, 0.2) is 42.6 Å². The summed E-state index contributed by atoms with van der Waals surface area (Å²) >= 11 is 11.8. The first-order chi connectivity index (χ1) is 11.2. The van der Waals surface area contributed by atoms with E-state index in [0.29, 0.717) is 41.9 Å². The summed E-state index contributed by atoms with van der Waals surface area (Å²) in [5.41, 5.74) is 1.50. The Labute approximate surface area is 145 Å². The monoisotopic (exact) mass is 350 g/mol. The number of benzene rings is 1. The van der Waals surface area contributed by atoms with E-state index in [4.69, 9.17) is 27.9 Å². The van der Waals surface area contributed by atoms with Gasteiger partial charge < -0.3 is 9.64 Å². The zero-order valence-corrected chi connectivity index (χ0v) is 13.9. The van der Waals surface area contributed by atoms with E-state index in [1.54, 1.807) is 35.4 Å². The SMILES string of the molecule is O=C(c1ccc(Cl)cc1)N1Cc2cccnc2OC(CCCl)C1. The average molecular weight is 351 g/mol. The fourth-order valence-electron chi connectivity index (χ4n) is 2.56. The number of carbonyl (C=O) groups excluding carboxylic acids is 1. The summed E-state index contributed by atoms with van der Waals surface area (Å²) in [7, 11) is 0. The molecule has 1 aromatic heterocycles. The number of carbonyl (C=O) groups is 1. The maximum absolute atomic E-state index is 12.8. The molecule has 3 rings (SSSR count). The van der Waals surface area contributed by atoms with Gasteiger partial charge in [-0.05, 0) is 36.8 Å². The first kappa shape index (κ1) is 16.1. The summed E-state index contributed by atoms with van der Waals surface area (Å²) in [5.74, 6) is 0.992. The number of amides is 1. The van der Waals surface area contributed by atoms with Crippen molar-refractivity contribution in [1.82, 2.24) is 9.88 Å². The molecule has 6 heteroatoms. The number of pyridine rings is 1. The van der Waals surface area contributed by atoms with E-state index in [0.717, 1.165) is 5.56 Å². The predicted molar refractivity (Wildman–Crippen MR) is 90.2 cm³/mol. The van der Waals surface area contributed by atoms with Crippen molar-refractivity contribution in [3.8, 4) is 5.88 Å². The van der Waals surface area contributed by atoms with Crippen LogP contribution in [0.25, 0.3) is 0 Å². The molecule has 1 amide bonds. The molecule has 2 aromatic rings. The number of fused-ring (bicyclic) bond motifs is 1. The van der Waals surface area contributed by atoms with Crippen LogP contribution in [0.4, 0.5) is 0 Å². The van der Waals surface area contributed by atoms with Crippen LogP contribution >= 0.6 is 23.2 Å². The maximum atomic E-state index is 12.8. The Balaban J connectivity index is 1.88. The minimum atomic E-state index is -0.167. The number of hydrogen-bond donors (Lipinski definition) is 0. The van der Waals surface area contributed by atoms with Crippen molar-refractivity contribution in [3.05, 3.63) is 58.7 Å². The van der Waals surface area contributed by atoms with E-state index in [-0.39, 0.29) is 12.0 Å². The molecule has 0 saturated carbocycles. The van der Waals surface area contributed by atoms with Crippen LogP contribution < -0.4 is 4.74 Å². The Morgan fingerprint density at radius 2 is 2.09 bits per heavy atom. The molecule has 1 aromatic carbocycles. The number of rotatable bonds is 3. The second kappa shape index (κ2) is 7.20. The minimum absolute atomic E-state index is 0.0541. The predicted octanol–water partition coefficient (Wildman–Crippen LogP) is 3.77. The maximum Gasteiger partial charge on any atom is 0.254 e. The molecule has 0 bridgehead atoms. The largest absolute Gasteiger partial charge is 0.472 e. The number of alkyl halides is 1. The highest BCUT2D eigenvalue weighted by Crippen LogP contribution is 2.25. The third-order valence-electron chi connectivity index (χ3n) is 3.72. The molecule has 0 spiro atoms. The lowest BCUT2D eigenvalue weighted by Crippen LogP contribution is -2.37. The van der Waals surface area contributed by atoms with Crippen LogP contribution in [-0.2, 0) is 6.54 Å². The lowest BCUT2D eigenvalue weighted by Gasteiger charge is -2.23. The van der Waals surface area contributed by atoms with Crippen molar-refractivity contribution in [1.29, 1.82) is 0 Å². The summed E-state index contributed by atoms with van der Waals surface area (Å²) < 4.78 is 5.92. The van der Waals surface area contributed by atoms with Gasteiger partial charge in [-0.1, -0.05) is 17.7 Å². The molecule has 23 heavy (non-hydrogen) atoms. The molecule has 1 aliphatic rings. The molecule has 2 heterocycles. The first-order valence-electron chi connectivity index (χ1n) is 7.38. The quantitative estimate of drug-likeness (QED) is 0.791. The zero-order chi connectivity index (χ0) is 16.2. The van der Waals surface area contributed by atoms with Gasteiger partial charge in [0.15, 0.2) is 0 Å². The number of hydrogen-bond acceptors (Lipinski definition) is 3. The van der Waals surface area contributed by atoms with Crippen LogP contribution in [-0.4, -0.2) is 34.3 Å². The van der Waals surface area contributed by atoms with Gasteiger partial charge in [-0.2, -0.15) is 0 Å². The molecule has 1 unspecified atom stereocenters. The van der Waals surface area contributed by atoms with E-state index in [2.05, 4.69) is 4.98 Å². The molecular weight excluding hydrogens is 335 g/mol. The van der Waals surface area contributed by atoms with E-state index < -0.39 is 0 Å². The molecule has 1 aliphatic heterocycles. The topological polar surface area (TPSA) is 42.4 Å². The van der Waals surface area contributed by atoms with Gasteiger partial charge in [-0.25, -0.2) is 4.98 Å². The third kappa shape index (κ3) is 3.77. The summed E-state index contributed by atoms with van der Waals surface area (Å²) in [6.07, 6.45) is 2.18. The van der Waals surface area contributed by atoms with Gasteiger partial charge in [0, 0.05) is 28.2 Å². The van der Waals surface area contributed by atoms with Crippen molar-refractivity contribution >= 4 is 29.1 Å². The zero-order valence-electron chi connectivity index (χ0n) is 12.4. The summed E-state index contributed by atoms with van der Waals surface area (Å²) in [4.78, 5) is 18.8. The van der Waals surface area contributed by atoms with E-state index in [9.17, 15) is 4.79 Å². The summed E-state index contributed by atoms with van der Waals surface area (Å²) in [5, 5.41) is 0.607. The Morgan fingerprint density at radius 1 is 1.30 bits per heavy atom. The number of ether oxygens (including phenoxy) is 1. The molecule has 0 N–H and O–H groups in total. The Hall–Kier alpha value is -1.78. The molecule has 0 radical (unpaired) electrons. The van der Waals surface area contributed by atoms with Gasteiger partial charge in [0.2, 0.25) is 5.88 Å². The Kier molecular flexibility index (Phi) is 5.03. The van der Waals surface area contributed by atoms with E-state index in [1.165, 1.54) is 0 Å². The van der Waals surface area contributed by atoms with Crippen molar-refractivity contribution in [2.24, 2.45) is 0 Å². The normalized spacial score (nSPS) is 17.1. The van der Waals surface area contributed by atoms with Crippen molar-refractivity contribution < 1.29 is 9.53 Å². The van der Waals surface area contributed by atoms with Crippen molar-refractivity contribution in [3.63, 3.8) is 0 Å². The highest BCUT2D eigenvalue weighted by molar-refractivity contribution is 6.30. The van der Waals surface area contributed by atoms with Gasteiger partial charge >= 0.3 is 0 Å². The summed E-state index contributed by atoms with van der Waals surface area (Å²) in [6, 6.07) is 10.7. The molecule has 4 nitrogen and oxygen atoms in total. The molecule has 120 valence electrons. The van der Waals surface area contributed by atoms with Gasteiger partial charge in [0.1, 0.15) is 6.10 Å². The van der Waals surface area contributed by atoms with E-state index in [1.807, 2.05) is 12.1 Å². The van der Waals surface area contributed by atoms with Crippen LogP contribution in [0.3, 0.4) is 0 Å². The lowest BCUT2D eigenvalue weighted by molar-refractivity contribution is 0.0672. The van der Waals surface area contributed by atoms with Crippen LogP contribution in [0.5, 0.6) is 5.88 Å². The van der Waals surface area contributed by atoms with E-state index >= 15 is 0 Å². The summed E-state index contributed by atoms with van der Waals surface area (Å²) in [6.45, 7) is 0.938. The van der Waals surface area contributed by atoms with Crippen LogP contribution in [0.2, 0.25) is 5.02 Å². The lowest BCUT2D eigenvalue weighted by atomic mass is 10.1. The van der Waals surface area contributed by atoms with Crippen LogP contribution in [0, 0.1) is 0 Å². The second-order valence-electron chi connectivity index (χ2n) is 5.38. The minimum Gasteiger partial charge on any atom is -0.472 e. The molecule has 1 atom stereocenters. The fraction of sp³-hybridized carbons (Fsp3) is 0.294. The van der Waals surface area contributed by atoms with Gasteiger partial charge in [0.05, 0.1) is 13.1 Å². The standard InChI is InChI=1S/C17H16Cl2N2O2/c18-8-7-15-11-21(10-13-2-1-9-20-16(13)23-15)17(22)12-3-5-14(19)6-4-12/h1-6,9,15H,7-8,10-11H2. The third-order valence-corrected chi connectivity index (χ3v) is 4.19. The van der Waals surface area contributed by atoms with Crippen molar-refractivity contribution in [2.75, 3.05) is 12.4 Å². The van der Waals surface area contributed by atoms with Gasteiger partial charge in [-0.3, -0.25) is 4.79 Å². The highest BCUT2D eigenvalue weighted by Gasteiger charge is 2.27. The molecular formula is C17H16Cl2N2O2. The first-order valence-corrected chi connectivity index (χ1v) is 8.30. The second-order valence-corrected chi connectivity index (χ2v) is 6.19. The van der Waals surface area contributed by atoms with Gasteiger partial charge in [0.25, 0.3) is 5.91 Å². The number of aromatic nitrogens is 1. The molecule has 0 saturated heterocycles. The smallest absolute Gasteiger partial charge is 0.254 e. The Bertz CT molecular complexity index is 691. The van der Waals surface area contributed by atoms with Crippen molar-refractivity contribution in [2.45, 2.75) is 19.1 Å². The molecule has 0 fully saturated rings. The number of halogens is 2. The fourth-order valence-corrected chi connectivity index (χ4v) is 2.93. The number of nitrogens with zero attached hydrogens (tertiary/aromatic N) is 2. The molecule has 0 aliphatic carbocycles. The Morgan fingerprint density at radius 3 is 2.83 bits per heavy atom. The highest BCUT2D eigenvalue weighted by atomic mass is 35.5. The van der Waals surface area contributed by atoms with Gasteiger partial charge in [-0.15, -0.1) is 11.6 Å². The van der Waals surface area contributed by atoms with Crippen LogP contribution in [0.1, 0.15) is 22.3 Å².